The number of piperidine rings is 1. The van der Waals surface area contributed by atoms with Crippen molar-refractivity contribution in [2.45, 2.75) is 18.3 Å². The number of hydrogen-bond donors (Lipinski definition) is 1. The molecule has 94 valence electrons. The minimum atomic E-state index is -0.923. The Kier molecular flexibility index (Phi) is 3.44. The minimum Gasteiger partial charge on any atom is -0.465 e. The summed E-state index contributed by atoms with van der Waals surface area (Å²) >= 11 is 5.95. The fourth-order valence-corrected chi connectivity index (χ4v) is 2.52. The van der Waals surface area contributed by atoms with Gasteiger partial charge in [0.1, 0.15) is 0 Å². The molecule has 0 saturated carbocycles. The molecule has 1 aromatic carbocycles. The summed E-state index contributed by atoms with van der Waals surface area (Å²) < 4.78 is 0. The molecule has 0 radical (unpaired) electrons. The van der Waals surface area contributed by atoms with Crippen LogP contribution in [0.3, 0.4) is 0 Å². The van der Waals surface area contributed by atoms with Gasteiger partial charge in [-0.3, -0.25) is 0 Å². The van der Waals surface area contributed by atoms with Gasteiger partial charge >= 0.3 is 6.09 Å². The number of amides is 1. The van der Waals surface area contributed by atoms with E-state index in [2.05, 4.69) is 6.07 Å². The fraction of sp³-hybridized carbons (Fsp3) is 0.385. The highest BCUT2D eigenvalue weighted by atomic mass is 35.5. The Morgan fingerprint density at radius 2 is 2.11 bits per heavy atom. The monoisotopic (exact) mass is 264 g/mol. The van der Waals surface area contributed by atoms with E-state index in [9.17, 15) is 10.1 Å². The molecule has 4 nitrogen and oxygen atoms in total. The van der Waals surface area contributed by atoms with Crippen LogP contribution in [0.15, 0.2) is 24.3 Å². The number of likely N-dealkylation sites (tertiary alicyclic amines) is 1. The number of hydrogen-bond acceptors (Lipinski definition) is 2. The van der Waals surface area contributed by atoms with Gasteiger partial charge in [0.15, 0.2) is 0 Å². The van der Waals surface area contributed by atoms with Crippen LogP contribution in [-0.4, -0.2) is 29.2 Å². The quantitative estimate of drug-likeness (QED) is 0.848. The smallest absolute Gasteiger partial charge is 0.407 e. The van der Waals surface area contributed by atoms with Crippen LogP contribution in [0.25, 0.3) is 0 Å². The van der Waals surface area contributed by atoms with Crippen molar-refractivity contribution < 1.29 is 9.90 Å². The van der Waals surface area contributed by atoms with E-state index in [1.165, 1.54) is 4.90 Å². The lowest BCUT2D eigenvalue weighted by Gasteiger charge is -2.36. The molecule has 0 bridgehead atoms. The first kappa shape index (κ1) is 12.7. The second kappa shape index (κ2) is 4.87. The van der Waals surface area contributed by atoms with Gasteiger partial charge < -0.3 is 10.0 Å². The third-order valence-corrected chi connectivity index (χ3v) is 3.71. The zero-order chi connectivity index (χ0) is 13.2. The molecule has 1 heterocycles. The van der Waals surface area contributed by atoms with Crippen molar-refractivity contribution in [3.05, 3.63) is 34.9 Å². The summed E-state index contributed by atoms with van der Waals surface area (Å²) in [4.78, 5) is 12.2. The summed E-state index contributed by atoms with van der Waals surface area (Å²) in [7, 11) is 0. The Morgan fingerprint density at radius 1 is 1.44 bits per heavy atom. The molecule has 18 heavy (non-hydrogen) atoms. The lowest BCUT2D eigenvalue weighted by Crippen LogP contribution is -2.44. The van der Waals surface area contributed by atoms with Crippen LogP contribution in [0.4, 0.5) is 4.79 Å². The van der Waals surface area contributed by atoms with Gasteiger partial charge in [0, 0.05) is 18.1 Å². The number of rotatable bonds is 1. The lowest BCUT2D eigenvalue weighted by molar-refractivity contribution is 0.125. The molecule has 0 atom stereocenters. The molecule has 1 aliphatic rings. The molecule has 1 amide bonds. The number of carboxylic acid groups (broad SMARTS) is 1. The first-order chi connectivity index (χ1) is 8.57. The second-order valence-electron chi connectivity index (χ2n) is 4.47. The van der Waals surface area contributed by atoms with Gasteiger partial charge in [-0.15, -0.1) is 0 Å². The number of nitrogens with zero attached hydrogens (tertiary/aromatic N) is 2. The predicted octanol–water partition coefficient (Wildman–Crippen LogP) is 2.88. The Morgan fingerprint density at radius 3 is 2.61 bits per heavy atom. The Bertz CT molecular complexity index is 502. The summed E-state index contributed by atoms with van der Waals surface area (Å²) in [5.74, 6) is 0. The van der Waals surface area contributed by atoms with Crippen molar-refractivity contribution in [1.82, 2.24) is 4.90 Å². The Labute approximate surface area is 110 Å². The highest BCUT2D eigenvalue weighted by Gasteiger charge is 2.37. The molecule has 0 aromatic heterocycles. The minimum absolute atomic E-state index is 0.384. The summed E-state index contributed by atoms with van der Waals surface area (Å²) in [6, 6.07) is 9.60. The maximum absolute atomic E-state index is 10.9. The van der Waals surface area contributed by atoms with Gasteiger partial charge in [-0.05, 0) is 30.5 Å². The lowest BCUT2D eigenvalue weighted by atomic mass is 9.74. The van der Waals surface area contributed by atoms with Crippen LogP contribution in [0.2, 0.25) is 5.02 Å². The molecule has 1 fully saturated rings. The van der Waals surface area contributed by atoms with Crippen LogP contribution in [0, 0.1) is 11.3 Å². The Hall–Kier alpha value is -1.73. The highest BCUT2D eigenvalue weighted by Crippen LogP contribution is 2.35. The van der Waals surface area contributed by atoms with Gasteiger partial charge in [0.2, 0.25) is 0 Å². The van der Waals surface area contributed by atoms with E-state index in [0.717, 1.165) is 5.56 Å². The molecule has 1 N–H and O–H groups in total. The van der Waals surface area contributed by atoms with Gasteiger partial charge in [0.05, 0.1) is 11.5 Å². The number of benzene rings is 1. The average Bonchev–Trinajstić information content (AvgIpc) is 2.38. The SMILES string of the molecule is N#CC1(c2cccc(Cl)c2)CCN(C(=O)O)CC1. The third kappa shape index (κ3) is 2.27. The van der Waals surface area contributed by atoms with E-state index in [4.69, 9.17) is 16.7 Å². The summed E-state index contributed by atoms with van der Waals surface area (Å²) in [5, 5.41) is 19.0. The molecule has 5 heteroatoms. The largest absolute Gasteiger partial charge is 0.465 e. The third-order valence-electron chi connectivity index (χ3n) is 3.48. The molecule has 0 unspecified atom stereocenters. The second-order valence-corrected chi connectivity index (χ2v) is 4.91. The van der Waals surface area contributed by atoms with Crippen molar-refractivity contribution >= 4 is 17.7 Å². The number of halogens is 1. The average molecular weight is 265 g/mol. The van der Waals surface area contributed by atoms with Crippen LogP contribution in [0.5, 0.6) is 0 Å². The summed E-state index contributed by atoms with van der Waals surface area (Å²) in [6.07, 6.45) is 0.0966. The van der Waals surface area contributed by atoms with E-state index in [1.54, 1.807) is 12.1 Å². The van der Waals surface area contributed by atoms with Crippen molar-refractivity contribution in [2.75, 3.05) is 13.1 Å². The van der Waals surface area contributed by atoms with Crippen LogP contribution >= 0.6 is 11.6 Å². The van der Waals surface area contributed by atoms with Crippen molar-refractivity contribution in [1.29, 1.82) is 5.26 Å². The molecule has 0 aliphatic carbocycles. The van der Waals surface area contributed by atoms with Crippen LogP contribution < -0.4 is 0 Å². The first-order valence-corrected chi connectivity index (χ1v) is 6.10. The molecule has 1 aromatic rings. The molecule has 2 rings (SSSR count). The van der Waals surface area contributed by atoms with E-state index < -0.39 is 11.5 Å². The van der Waals surface area contributed by atoms with Crippen LogP contribution in [-0.2, 0) is 5.41 Å². The Balaban J connectivity index is 2.25. The molecular weight excluding hydrogens is 252 g/mol. The number of nitriles is 1. The maximum atomic E-state index is 10.9. The van der Waals surface area contributed by atoms with E-state index >= 15 is 0 Å². The van der Waals surface area contributed by atoms with Crippen molar-refractivity contribution in [2.24, 2.45) is 0 Å². The van der Waals surface area contributed by atoms with Crippen molar-refractivity contribution in [3.63, 3.8) is 0 Å². The van der Waals surface area contributed by atoms with Gasteiger partial charge in [0.25, 0.3) is 0 Å². The van der Waals surface area contributed by atoms with E-state index in [0.29, 0.717) is 31.0 Å². The van der Waals surface area contributed by atoms with E-state index in [-0.39, 0.29) is 0 Å². The highest BCUT2D eigenvalue weighted by molar-refractivity contribution is 6.30. The first-order valence-electron chi connectivity index (χ1n) is 5.72. The fourth-order valence-electron chi connectivity index (χ4n) is 2.33. The maximum Gasteiger partial charge on any atom is 0.407 e. The van der Waals surface area contributed by atoms with Gasteiger partial charge in [-0.1, -0.05) is 23.7 Å². The molecular formula is C13H13ClN2O2. The molecule has 0 spiro atoms. The normalized spacial score (nSPS) is 18.1. The van der Waals surface area contributed by atoms with Gasteiger partial charge in [-0.2, -0.15) is 5.26 Å². The zero-order valence-corrected chi connectivity index (χ0v) is 10.5. The number of carbonyl (C=O) groups is 1. The van der Waals surface area contributed by atoms with Crippen LogP contribution in [0.1, 0.15) is 18.4 Å². The molecule has 1 saturated heterocycles. The zero-order valence-electron chi connectivity index (χ0n) is 9.77. The molecule has 1 aliphatic heterocycles. The summed E-state index contributed by atoms with van der Waals surface area (Å²) in [6.45, 7) is 0.769. The van der Waals surface area contributed by atoms with Gasteiger partial charge in [-0.25, -0.2) is 4.79 Å². The standard InChI is InChI=1S/C13H13ClN2O2/c14-11-3-1-2-10(8-11)13(9-15)4-6-16(7-5-13)12(17)18/h1-3,8H,4-7H2,(H,17,18). The summed E-state index contributed by atoms with van der Waals surface area (Å²) in [5.41, 5.74) is 0.263. The predicted molar refractivity (Wildman–Crippen MR) is 67.6 cm³/mol. The van der Waals surface area contributed by atoms with E-state index in [1.807, 2.05) is 12.1 Å². The topological polar surface area (TPSA) is 64.3 Å². The van der Waals surface area contributed by atoms with Crippen molar-refractivity contribution in [3.8, 4) is 6.07 Å².